The van der Waals surface area contributed by atoms with Crippen molar-refractivity contribution in [3.8, 4) is 0 Å². The molecule has 5 nitrogen and oxygen atoms in total. The summed E-state index contributed by atoms with van der Waals surface area (Å²) in [7, 11) is -3.51. The molecule has 3 aromatic rings. The molecule has 0 radical (unpaired) electrons. The van der Waals surface area contributed by atoms with E-state index in [0.29, 0.717) is 23.9 Å². The lowest BCUT2D eigenvalue weighted by Gasteiger charge is -2.21. The maximum absolute atomic E-state index is 12.9. The summed E-state index contributed by atoms with van der Waals surface area (Å²) < 4.78 is 28.2. The van der Waals surface area contributed by atoms with Crippen molar-refractivity contribution in [1.29, 1.82) is 0 Å². The molecule has 0 saturated heterocycles. The largest absolute Gasteiger partial charge is 0.299 e. The van der Waals surface area contributed by atoms with Crippen molar-refractivity contribution in [1.82, 2.24) is 9.71 Å². The van der Waals surface area contributed by atoms with Crippen LogP contribution in [0.4, 0.5) is 0 Å². The smallest absolute Gasteiger partial charge is 0.240 e. The van der Waals surface area contributed by atoms with E-state index in [2.05, 4.69) is 9.71 Å². The summed E-state index contributed by atoms with van der Waals surface area (Å²) in [5, 5.41) is 2.44. The van der Waals surface area contributed by atoms with Gasteiger partial charge in [-0.15, -0.1) is 0 Å². The van der Waals surface area contributed by atoms with Gasteiger partial charge in [0.05, 0.1) is 9.92 Å². The number of carbonyl (C=O) groups excluding carboxylic acids is 1. The van der Waals surface area contributed by atoms with E-state index in [9.17, 15) is 13.2 Å². The number of fused-ring (bicyclic) bond motifs is 1. The molecule has 2 saturated carbocycles. The van der Waals surface area contributed by atoms with Crippen molar-refractivity contribution in [3.63, 3.8) is 0 Å². The fraction of sp³-hybridized carbons (Fsp3) is 0.407. The average molecular weight is 497 g/mol. The van der Waals surface area contributed by atoms with Crippen LogP contribution in [-0.2, 0) is 21.2 Å². The fourth-order valence-corrected chi connectivity index (χ4v) is 6.47. The van der Waals surface area contributed by atoms with E-state index < -0.39 is 10.0 Å². The van der Waals surface area contributed by atoms with Gasteiger partial charge in [0.1, 0.15) is 5.78 Å². The molecule has 0 bridgehead atoms. The second kappa shape index (κ2) is 9.76. The molecule has 2 aliphatic rings. The molecule has 1 aromatic heterocycles. The zero-order chi connectivity index (χ0) is 23.7. The highest BCUT2D eigenvalue weighted by Gasteiger charge is 2.43. The average Bonchev–Trinajstić information content (AvgIpc) is 3.65. The van der Waals surface area contributed by atoms with Crippen LogP contribution in [0.15, 0.2) is 59.8 Å². The molecule has 2 atom stereocenters. The Morgan fingerprint density at radius 2 is 1.79 bits per heavy atom. The Morgan fingerprint density at radius 1 is 1.03 bits per heavy atom. The minimum Gasteiger partial charge on any atom is -0.299 e. The molecule has 34 heavy (non-hydrogen) atoms. The van der Waals surface area contributed by atoms with Crippen LogP contribution in [0, 0.1) is 11.8 Å². The van der Waals surface area contributed by atoms with Crippen LogP contribution in [0.1, 0.15) is 55.6 Å². The number of Topliss-reactive ketones (excluding diaryl/α,β-unsaturated/α-hetero) is 1. The minimum absolute atomic E-state index is 0.0181. The summed E-state index contributed by atoms with van der Waals surface area (Å²) in [6.07, 6.45) is 10.4. The normalized spacial score (nSPS) is 21.0. The van der Waals surface area contributed by atoms with Gasteiger partial charge >= 0.3 is 0 Å². The van der Waals surface area contributed by atoms with E-state index >= 15 is 0 Å². The highest BCUT2D eigenvalue weighted by atomic mass is 35.5. The molecule has 2 aromatic carbocycles. The van der Waals surface area contributed by atoms with Crippen molar-refractivity contribution >= 4 is 38.2 Å². The molecular weight excluding hydrogens is 468 g/mol. The predicted octanol–water partition coefficient (Wildman–Crippen LogP) is 5.66. The lowest BCUT2D eigenvalue weighted by molar-refractivity contribution is -0.119. The van der Waals surface area contributed by atoms with Crippen molar-refractivity contribution in [2.75, 3.05) is 6.54 Å². The molecule has 2 fully saturated rings. The number of ketones is 1. The van der Waals surface area contributed by atoms with Gasteiger partial charge in [-0.1, -0.05) is 55.1 Å². The number of nitrogens with zero attached hydrogens (tertiary/aromatic N) is 1. The van der Waals surface area contributed by atoms with E-state index in [0.717, 1.165) is 41.2 Å². The summed E-state index contributed by atoms with van der Waals surface area (Å²) in [4.78, 5) is 17.3. The lowest BCUT2D eigenvalue weighted by atomic mass is 9.90. The second-order valence-corrected chi connectivity index (χ2v) is 11.9. The van der Waals surface area contributed by atoms with Crippen molar-refractivity contribution < 1.29 is 13.2 Å². The molecule has 0 amide bonds. The first kappa shape index (κ1) is 23.5. The number of pyridine rings is 1. The first-order valence-corrected chi connectivity index (χ1v) is 13.9. The SMILES string of the molecule is O=C(Cc1ccc2cncc(Cl)c2c1)[C@@H]1C[C@H]1c1ccc(S(=O)(=O)NCC2CCCCC2)cc1. The van der Waals surface area contributed by atoms with E-state index in [1.807, 2.05) is 30.3 Å². The monoisotopic (exact) mass is 496 g/mol. The van der Waals surface area contributed by atoms with Gasteiger partial charge in [0.25, 0.3) is 0 Å². The molecule has 0 aliphatic heterocycles. The third-order valence-electron chi connectivity index (χ3n) is 7.26. The number of benzene rings is 2. The molecule has 7 heteroatoms. The number of hydrogen-bond acceptors (Lipinski definition) is 4. The number of sulfonamides is 1. The third-order valence-corrected chi connectivity index (χ3v) is 9.00. The van der Waals surface area contributed by atoms with Gasteiger partial charge in [-0.25, -0.2) is 13.1 Å². The Hall–Kier alpha value is -2.28. The highest BCUT2D eigenvalue weighted by Crippen LogP contribution is 2.48. The number of carbonyl (C=O) groups is 1. The van der Waals surface area contributed by atoms with Crippen LogP contribution < -0.4 is 4.72 Å². The van der Waals surface area contributed by atoms with Crippen molar-refractivity contribution in [2.45, 2.75) is 55.8 Å². The van der Waals surface area contributed by atoms with Gasteiger partial charge < -0.3 is 0 Å². The summed E-state index contributed by atoms with van der Waals surface area (Å²) in [6.45, 7) is 0.514. The van der Waals surface area contributed by atoms with Gasteiger partial charge in [0, 0.05) is 42.0 Å². The van der Waals surface area contributed by atoms with Gasteiger partial charge in [-0.3, -0.25) is 9.78 Å². The van der Waals surface area contributed by atoms with Crippen LogP contribution in [-0.4, -0.2) is 25.7 Å². The topological polar surface area (TPSA) is 76.1 Å². The summed E-state index contributed by atoms with van der Waals surface area (Å²) in [5.74, 6) is 0.792. The van der Waals surface area contributed by atoms with Gasteiger partial charge in [-0.05, 0) is 60.4 Å². The second-order valence-electron chi connectivity index (χ2n) is 9.69. The Bertz CT molecular complexity index is 1300. The number of nitrogens with one attached hydrogen (secondary N) is 1. The van der Waals surface area contributed by atoms with E-state index in [1.165, 1.54) is 19.3 Å². The van der Waals surface area contributed by atoms with E-state index in [1.54, 1.807) is 24.5 Å². The maximum atomic E-state index is 12.9. The minimum atomic E-state index is -3.51. The van der Waals surface area contributed by atoms with E-state index in [-0.39, 0.29) is 22.5 Å². The lowest BCUT2D eigenvalue weighted by Crippen LogP contribution is -2.30. The molecule has 1 N–H and O–H groups in total. The van der Waals surface area contributed by atoms with Crippen LogP contribution in [0.2, 0.25) is 5.02 Å². The van der Waals surface area contributed by atoms with Crippen LogP contribution in [0.25, 0.3) is 10.8 Å². The Kier molecular flexibility index (Phi) is 6.74. The van der Waals surface area contributed by atoms with Crippen LogP contribution in [0.5, 0.6) is 0 Å². The van der Waals surface area contributed by atoms with Crippen molar-refractivity contribution in [2.24, 2.45) is 11.8 Å². The number of halogens is 1. The molecule has 1 heterocycles. The predicted molar refractivity (Wildman–Crippen MR) is 135 cm³/mol. The molecule has 178 valence electrons. The fourth-order valence-electron chi connectivity index (χ4n) is 5.13. The van der Waals surface area contributed by atoms with Crippen LogP contribution in [0.3, 0.4) is 0 Å². The molecular formula is C27H29ClN2O3S. The summed E-state index contributed by atoms with van der Waals surface area (Å²) >= 11 is 6.25. The summed E-state index contributed by atoms with van der Waals surface area (Å²) in [6, 6.07) is 12.9. The van der Waals surface area contributed by atoms with Gasteiger partial charge in [-0.2, -0.15) is 0 Å². The Morgan fingerprint density at radius 3 is 2.56 bits per heavy atom. The Labute approximate surface area is 206 Å². The van der Waals surface area contributed by atoms with E-state index in [4.69, 9.17) is 11.6 Å². The van der Waals surface area contributed by atoms with Crippen molar-refractivity contribution in [3.05, 3.63) is 71.0 Å². The highest BCUT2D eigenvalue weighted by molar-refractivity contribution is 7.89. The zero-order valence-corrected chi connectivity index (χ0v) is 20.6. The van der Waals surface area contributed by atoms with Crippen LogP contribution >= 0.6 is 11.6 Å². The molecule has 2 aliphatic carbocycles. The number of rotatable bonds is 8. The zero-order valence-electron chi connectivity index (χ0n) is 19.0. The third kappa shape index (κ3) is 5.19. The first-order valence-electron chi connectivity index (χ1n) is 12.1. The Balaban J connectivity index is 1.19. The quantitative estimate of drug-likeness (QED) is 0.436. The standard InChI is InChI=1S/C27H29ClN2O3S/c28-26-17-29-16-21-7-6-19(12-24(21)26)13-27(31)25-14-23(25)20-8-10-22(11-9-20)34(32,33)30-15-18-4-2-1-3-5-18/h6-12,16-18,23,25,30H,1-5,13-15H2/t23-,25+/m0/s1. The molecule has 5 rings (SSSR count). The number of hydrogen-bond donors (Lipinski definition) is 1. The maximum Gasteiger partial charge on any atom is 0.240 e. The molecule has 0 unspecified atom stereocenters. The summed E-state index contributed by atoms with van der Waals surface area (Å²) in [5.41, 5.74) is 1.97. The molecule has 0 spiro atoms. The van der Waals surface area contributed by atoms with Gasteiger partial charge in [0.2, 0.25) is 10.0 Å². The number of aromatic nitrogens is 1. The first-order chi connectivity index (χ1) is 16.4. The van der Waals surface area contributed by atoms with Gasteiger partial charge in [0.15, 0.2) is 0 Å².